The number of nitrogens with zero attached hydrogens (tertiary/aromatic N) is 1. The van der Waals surface area contributed by atoms with Crippen molar-refractivity contribution in [1.82, 2.24) is 0 Å². The van der Waals surface area contributed by atoms with E-state index in [9.17, 15) is 14.5 Å². The summed E-state index contributed by atoms with van der Waals surface area (Å²) in [6.45, 7) is 1.67. The number of nitro groups is 1. The molecular weight excluding hydrogens is 265 g/mol. The van der Waals surface area contributed by atoms with Crippen molar-refractivity contribution in [3.8, 4) is 11.5 Å². The van der Waals surface area contributed by atoms with Crippen molar-refractivity contribution in [1.29, 1.82) is 0 Å². The molecule has 6 heteroatoms. The number of nitro benzene ring substituents is 1. The molecule has 0 aliphatic heterocycles. The van der Waals surface area contributed by atoms with E-state index in [1.807, 2.05) is 0 Å². The molecule has 2 aromatic carbocycles. The molecule has 104 valence electrons. The number of rotatable bonds is 4. The van der Waals surface area contributed by atoms with Crippen LogP contribution in [0.3, 0.4) is 0 Å². The largest absolute Gasteiger partial charge is 0.454 e. The Labute approximate surface area is 114 Å². The van der Waals surface area contributed by atoms with Gasteiger partial charge in [0.15, 0.2) is 11.6 Å². The zero-order valence-corrected chi connectivity index (χ0v) is 10.7. The van der Waals surface area contributed by atoms with E-state index in [1.165, 1.54) is 12.1 Å². The fraction of sp³-hybridized carbons (Fsp3) is 0.143. The lowest BCUT2D eigenvalue weighted by atomic mass is 10.1. The molecule has 2 rings (SSSR count). The van der Waals surface area contributed by atoms with Crippen molar-refractivity contribution in [3.63, 3.8) is 0 Å². The molecule has 0 aromatic heterocycles. The van der Waals surface area contributed by atoms with Gasteiger partial charge in [0.2, 0.25) is 0 Å². The number of benzene rings is 2. The van der Waals surface area contributed by atoms with Gasteiger partial charge in [-0.1, -0.05) is 12.1 Å². The van der Waals surface area contributed by atoms with Crippen LogP contribution in [0.4, 0.5) is 10.1 Å². The standard InChI is InChI=1S/C14H12FNO4/c1-9-6-10(8-17)2-4-13(9)20-14-5-3-11(16(18)19)7-12(14)15/h2-7,17H,8H2,1H3. The third kappa shape index (κ3) is 2.92. The van der Waals surface area contributed by atoms with Gasteiger partial charge in [0, 0.05) is 6.07 Å². The van der Waals surface area contributed by atoms with Gasteiger partial charge >= 0.3 is 0 Å². The van der Waals surface area contributed by atoms with Gasteiger partial charge in [-0.2, -0.15) is 0 Å². The molecule has 0 aliphatic rings. The molecule has 2 aromatic rings. The summed E-state index contributed by atoms with van der Waals surface area (Å²) in [6.07, 6.45) is 0. The normalized spacial score (nSPS) is 10.3. The zero-order chi connectivity index (χ0) is 14.7. The van der Waals surface area contributed by atoms with Crippen LogP contribution in [0.25, 0.3) is 0 Å². The van der Waals surface area contributed by atoms with Gasteiger partial charge in [-0.3, -0.25) is 10.1 Å². The molecule has 0 saturated heterocycles. The van der Waals surface area contributed by atoms with Gasteiger partial charge in [-0.25, -0.2) is 4.39 Å². The maximum Gasteiger partial charge on any atom is 0.272 e. The minimum absolute atomic E-state index is 0.0875. The Morgan fingerprint density at radius 1 is 1.25 bits per heavy atom. The number of hydrogen-bond donors (Lipinski definition) is 1. The van der Waals surface area contributed by atoms with E-state index in [4.69, 9.17) is 9.84 Å². The highest BCUT2D eigenvalue weighted by Gasteiger charge is 2.13. The smallest absolute Gasteiger partial charge is 0.272 e. The average Bonchev–Trinajstić information content (AvgIpc) is 2.42. The number of non-ortho nitro benzene ring substituents is 1. The Morgan fingerprint density at radius 3 is 2.50 bits per heavy atom. The SMILES string of the molecule is Cc1cc(CO)ccc1Oc1ccc([N+](=O)[O-])cc1F. The van der Waals surface area contributed by atoms with Crippen LogP contribution >= 0.6 is 0 Å². The number of aryl methyl sites for hydroxylation is 1. The van der Waals surface area contributed by atoms with E-state index in [1.54, 1.807) is 25.1 Å². The molecule has 0 fully saturated rings. The summed E-state index contributed by atoms with van der Waals surface area (Å²) in [5, 5.41) is 19.5. The van der Waals surface area contributed by atoms with Crippen molar-refractivity contribution in [2.45, 2.75) is 13.5 Å². The monoisotopic (exact) mass is 277 g/mol. The fourth-order valence-corrected chi connectivity index (χ4v) is 1.73. The quantitative estimate of drug-likeness (QED) is 0.687. The number of halogens is 1. The number of hydrogen-bond acceptors (Lipinski definition) is 4. The van der Waals surface area contributed by atoms with Gasteiger partial charge in [0.25, 0.3) is 5.69 Å². The van der Waals surface area contributed by atoms with Crippen LogP contribution in [0.1, 0.15) is 11.1 Å². The van der Waals surface area contributed by atoms with E-state index >= 15 is 0 Å². The first-order chi connectivity index (χ1) is 9.51. The Hall–Kier alpha value is -2.47. The molecule has 5 nitrogen and oxygen atoms in total. The third-order valence-electron chi connectivity index (χ3n) is 2.77. The topological polar surface area (TPSA) is 72.6 Å². The predicted molar refractivity (Wildman–Crippen MR) is 70.2 cm³/mol. The second-order valence-electron chi connectivity index (χ2n) is 4.23. The Balaban J connectivity index is 2.28. The van der Waals surface area contributed by atoms with Crippen LogP contribution in [0, 0.1) is 22.9 Å². The molecule has 0 radical (unpaired) electrons. The van der Waals surface area contributed by atoms with Gasteiger partial charge in [-0.15, -0.1) is 0 Å². The number of aliphatic hydroxyl groups excluding tert-OH is 1. The zero-order valence-electron chi connectivity index (χ0n) is 10.7. The van der Waals surface area contributed by atoms with E-state index in [2.05, 4.69) is 0 Å². The first-order valence-corrected chi connectivity index (χ1v) is 5.83. The maximum absolute atomic E-state index is 13.7. The van der Waals surface area contributed by atoms with E-state index < -0.39 is 10.7 Å². The average molecular weight is 277 g/mol. The molecule has 0 saturated carbocycles. The molecule has 0 bridgehead atoms. The summed E-state index contributed by atoms with van der Waals surface area (Å²) in [6, 6.07) is 8.20. The predicted octanol–water partition coefficient (Wildman–Crippen LogP) is 3.33. The van der Waals surface area contributed by atoms with Crippen LogP contribution in [0.2, 0.25) is 0 Å². The lowest BCUT2D eigenvalue weighted by Gasteiger charge is -2.10. The number of aliphatic hydroxyl groups is 1. The fourth-order valence-electron chi connectivity index (χ4n) is 1.73. The first kappa shape index (κ1) is 14.0. The summed E-state index contributed by atoms with van der Waals surface area (Å²) in [4.78, 5) is 9.85. The van der Waals surface area contributed by atoms with E-state index in [0.717, 1.165) is 17.2 Å². The van der Waals surface area contributed by atoms with E-state index in [-0.39, 0.29) is 18.0 Å². The lowest BCUT2D eigenvalue weighted by Crippen LogP contribution is -1.94. The molecule has 0 unspecified atom stereocenters. The third-order valence-corrected chi connectivity index (χ3v) is 2.77. The molecule has 0 aliphatic carbocycles. The summed E-state index contributed by atoms with van der Waals surface area (Å²) >= 11 is 0. The van der Waals surface area contributed by atoms with Gasteiger partial charge in [0.05, 0.1) is 17.6 Å². The van der Waals surface area contributed by atoms with Crippen molar-refractivity contribution in [2.75, 3.05) is 0 Å². The highest BCUT2D eigenvalue weighted by Crippen LogP contribution is 2.29. The molecular formula is C14H12FNO4. The summed E-state index contributed by atoms with van der Waals surface area (Å²) < 4.78 is 19.1. The van der Waals surface area contributed by atoms with Crippen LogP contribution in [-0.2, 0) is 6.61 Å². The van der Waals surface area contributed by atoms with Gasteiger partial charge < -0.3 is 9.84 Å². The lowest BCUT2D eigenvalue weighted by molar-refractivity contribution is -0.385. The maximum atomic E-state index is 13.7. The summed E-state index contributed by atoms with van der Waals surface area (Å²) in [5.41, 5.74) is 1.12. The van der Waals surface area contributed by atoms with Crippen molar-refractivity contribution >= 4 is 5.69 Å². The second kappa shape index (κ2) is 5.66. The first-order valence-electron chi connectivity index (χ1n) is 5.83. The molecule has 20 heavy (non-hydrogen) atoms. The van der Waals surface area contributed by atoms with Gasteiger partial charge in [-0.05, 0) is 30.2 Å². The highest BCUT2D eigenvalue weighted by atomic mass is 19.1. The molecule has 1 N–H and O–H groups in total. The Bertz CT molecular complexity index is 658. The summed E-state index contributed by atoms with van der Waals surface area (Å²) in [7, 11) is 0. The Morgan fingerprint density at radius 2 is 1.95 bits per heavy atom. The van der Waals surface area contributed by atoms with Crippen LogP contribution in [-0.4, -0.2) is 10.0 Å². The van der Waals surface area contributed by atoms with Crippen molar-refractivity contribution in [3.05, 3.63) is 63.5 Å². The van der Waals surface area contributed by atoms with Crippen molar-refractivity contribution in [2.24, 2.45) is 0 Å². The van der Waals surface area contributed by atoms with Crippen LogP contribution in [0.5, 0.6) is 11.5 Å². The highest BCUT2D eigenvalue weighted by molar-refractivity contribution is 5.43. The minimum Gasteiger partial charge on any atom is -0.454 e. The molecule has 0 atom stereocenters. The van der Waals surface area contributed by atoms with Gasteiger partial charge in [0.1, 0.15) is 5.75 Å². The second-order valence-corrected chi connectivity index (χ2v) is 4.23. The molecule has 0 amide bonds. The van der Waals surface area contributed by atoms with Crippen molar-refractivity contribution < 1.29 is 19.2 Å². The minimum atomic E-state index is -0.801. The Kier molecular flexibility index (Phi) is 3.95. The summed E-state index contributed by atoms with van der Waals surface area (Å²) in [5.74, 6) is -0.463. The van der Waals surface area contributed by atoms with Crippen LogP contribution < -0.4 is 4.74 Å². The molecule has 0 heterocycles. The van der Waals surface area contributed by atoms with Crippen LogP contribution in [0.15, 0.2) is 36.4 Å². The van der Waals surface area contributed by atoms with E-state index in [0.29, 0.717) is 5.75 Å². The molecule has 0 spiro atoms. The number of ether oxygens (including phenoxy) is 1.